The van der Waals surface area contributed by atoms with E-state index < -0.39 is 27.8 Å². The number of thiophene rings is 1. The largest absolute Gasteiger partial charge is 0.490 e. The number of ether oxygens (including phenoxy) is 2. The first kappa shape index (κ1) is 30.1. The summed E-state index contributed by atoms with van der Waals surface area (Å²) in [6.45, 7) is 1.59. The van der Waals surface area contributed by atoms with Crippen molar-refractivity contribution in [3.63, 3.8) is 0 Å². The summed E-state index contributed by atoms with van der Waals surface area (Å²) in [5.41, 5.74) is -1.91. The Morgan fingerprint density at radius 1 is 0.932 bits per heavy atom. The predicted molar refractivity (Wildman–Crippen MR) is 161 cm³/mol. The van der Waals surface area contributed by atoms with Crippen molar-refractivity contribution >= 4 is 31.4 Å². The third-order valence-corrected chi connectivity index (χ3v) is 10.1. The van der Waals surface area contributed by atoms with E-state index in [9.17, 15) is 26.7 Å². The van der Waals surface area contributed by atoms with E-state index in [1.54, 1.807) is 18.2 Å². The summed E-state index contributed by atoms with van der Waals surface area (Å²) in [4.78, 5) is 4.98. The number of nitrogens with zero attached hydrogens (tertiary/aromatic N) is 1. The lowest BCUT2D eigenvalue weighted by molar-refractivity contribution is -0.258. The molecule has 0 saturated carbocycles. The van der Waals surface area contributed by atoms with Crippen molar-refractivity contribution < 1.29 is 36.2 Å². The van der Waals surface area contributed by atoms with E-state index in [1.165, 1.54) is 35.7 Å². The Hall–Kier alpha value is -3.97. The van der Waals surface area contributed by atoms with Gasteiger partial charge in [-0.25, -0.2) is 8.42 Å². The molecule has 2 atom stereocenters. The molecule has 2 N–H and O–H groups in total. The van der Waals surface area contributed by atoms with Gasteiger partial charge in [-0.05, 0) is 53.8 Å². The Bertz CT molecular complexity index is 1930. The van der Waals surface area contributed by atoms with Crippen molar-refractivity contribution in [3.8, 4) is 22.8 Å². The molecule has 0 aliphatic carbocycles. The number of fused-ring (bicyclic) bond motifs is 2. The fourth-order valence-electron chi connectivity index (χ4n) is 4.94. The third kappa shape index (κ3) is 5.77. The molecule has 228 valence electrons. The minimum absolute atomic E-state index is 0.0159. The van der Waals surface area contributed by atoms with Gasteiger partial charge in [0.15, 0.2) is 17.1 Å². The Balaban J connectivity index is 1.41. The van der Waals surface area contributed by atoms with Gasteiger partial charge in [-0.3, -0.25) is 4.98 Å². The van der Waals surface area contributed by atoms with Crippen LogP contribution in [0, 0.1) is 0 Å². The van der Waals surface area contributed by atoms with Gasteiger partial charge in [-0.15, -0.1) is 11.3 Å². The van der Waals surface area contributed by atoms with Crippen LogP contribution >= 0.6 is 11.3 Å². The predicted octanol–water partition coefficient (Wildman–Crippen LogP) is 6.96. The molecule has 2 aromatic heterocycles. The van der Waals surface area contributed by atoms with Gasteiger partial charge in [-0.2, -0.15) is 17.9 Å². The molecular weight excluding hydrogens is 613 g/mol. The zero-order chi connectivity index (χ0) is 31.1. The first-order chi connectivity index (χ1) is 20.9. The zero-order valence-electron chi connectivity index (χ0n) is 23.3. The van der Waals surface area contributed by atoms with Crippen LogP contribution in [0.3, 0.4) is 0 Å². The van der Waals surface area contributed by atoms with E-state index in [-0.39, 0.29) is 16.2 Å². The summed E-state index contributed by atoms with van der Waals surface area (Å²) in [6.07, 6.45) is -2.97. The Morgan fingerprint density at radius 2 is 1.68 bits per heavy atom. The summed E-state index contributed by atoms with van der Waals surface area (Å²) in [6, 6.07) is 22.3. The first-order valence-corrected chi connectivity index (χ1v) is 16.0. The highest BCUT2D eigenvalue weighted by Gasteiger charge is 2.51. The molecule has 12 heteroatoms. The lowest BCUT2D eigenvalue weighted by Crippen LogP contribution is -2.39. The SMILES string of the molecule is C[C@@](O)(c1ccnc(-c2cccc3cc([C@@H](NS(=O)(=O)c4ccc5c(c4)OCCCO5)c4ccccc4)sc23)c1)C(F)(F)F. The molecule has 44 heavy (non-hydrogen) atoms. The normalized spacial score (nSPS) is 15.8. The van der Waals surface area contributed by atoms with Gasteiger partial charge in [0.05, 0.1) is 29.8 Å². The maximum Gasteiger partial charge on any atom is 0.421 e. The van der Waals surface area contributed by atoms with Gasteiger partial charge in [-0.1, -0.05) is 48.5 Å². The van der Waals surface area contributed by atoms with Crippen LogP contribution in [0.15, 0.2) is 96.0 Å². The van der Waals surface area contributed by atoms with Crippen molar-refractivity contribution in [3.05, 3.63) is 107 Å². The number of alkyl halides is 3. The van der Waals surface area contributed by atoms with Crippen LogP contribution in [0.1, 0.15) is 35.4 Å². The number of hydrogen-bond donors (Lipinski definition) is 2. The number of halogens is 3. The highest BCUT2D eigenvalue weighted by Crippen LogP contribution is 2.42. The molecular formula is C32H27F3N2O5S2. The molecule has 1 aliphatic rings. The monoisotopic (exact) mass is 640 g/mol. The van der Waals surface area contributed by atoms with Crippen LogP contribution in [0.4, 0.5) is 13.2 Å². The van der Waals surface area contributed by atoms with E-state index in [0.29, 0.717) is 58.8 Å². The Kier molecular flexibility index (Phi) is 7.87. The summed E-state index contributed by atoms with van der Waals surface area (Å²) in [5, 5.41) is 11.0. The molecule has 0 saturated heterocycles. The van der Waals surface area contributed by atoms with E-state index in [4.69, 9.17) is 9.47 Å². The summed E-state index contributed by atoms with van der Waals surface area (Å²) >= 11 is 1.31. The number of aromatic nitrogens is 1. The van der Waals surface area contributed by atoms with Crippen molar-refractivity contribution in [2.45, 2.75) is 36.1 Å². The molecule has 0 radical (unpaired) electrons. The summed E-state index contributed by atoms with van der Waals surface area (Å²) < 4.78 is 83.1. The molecule has 1 aliphatic heterocycles. The second kappa shape index (κ2) is 11.5. The average molecular weight is 641 g/mol. The van der Waals surface area contributed by atoms with Crippen LogP contribution in [-0.2, 0) is 15.6 Å². The van der Waals surface area contributed by atoms with Crippen molar-refractivity contribution in [1.29, 1.82) is 0 Å². The second-order valence-corrected chi connectivity index (χ2v) is 13.3. The van der Waals surface area contributed by atoms with E-state index in [0.717, 1.165) is 11.5 Å². The Labute approximate surface area is 256 Å². The quantitative estimate of drug-likeness (QED) is 0.200. The molecule has 6 rings (SSSR count). The smallest absolute Gasteiger partial charge is 0.421 e. The molecule has 3 heterocycles. The van der Waals surface area contributed by atoms with Crippen LogP contribution in [0.25, 0.3) is 21.3 Å². The standard InChI is InChI=1S/C32H27F3N2O5S2/c1-31(38,32(33,34)35)22-13-14-36-25(18-22)24-10-5-9-21-17-28(43-30(21)24)29(20-7-3-2-4-8-20)37-44(39,40)23-11-12-26-27(19-23)42-16-6-15-41-26/h2-5,7-14,17-19,29,37-38H,6,15-16H2,1H3/t29-,31+/m0/s1. The highest BCUT2D eigenvalue weighted by molar-refractivity contribution is 7.89. The van der Waals surface area contributed by atoms with E-state index in [2.05, 4.69) is 9.71 Å². The minimum Gasteiger partial charge on any atom is -0.490 e. The molecule has 7 nitrogen and oxygen atoms in total. The number of hydrogen-bond acceptors (Lipinski definition) is 7. The number of aliphatic hydroxyl groups is 1. The van der Waals surface area contributed by atoms with Gasteiger partial charge in [0.2, 0.25) is 10.0 Å². The van der Waals surface area contributed by atoms with Gasteiger partial charge in [0, 0.05) is 33.8 Å². The van der Waals surface area contributed by atoms with Crippen LogP contribution in [0.5, 0.6) is 11.5 Å². The lowest BCUT2D eigenvalue weighted by Gasteiger charge is -2.26. The highest BCUT2D eigenvalue weighted by atomic mass is 32.2. The number of nitrogens with one attached hydrogen (secondary N) is 1. The third-order valence-electron chi connectivity index (χ3n) is 7.43. The summed E-state index contributed by atoms with van der Waals surface area (Å²) in [7, 11) is -4.06. The second-order valence-electron chi connectivity index (χ2n) is 10.5. The Morgan fingerprint density at radius 3 is 2.43 bits per heavy atom. The lowest BCUT2D eigenvalue weighted by atomic mass is 9.94. The van der Waals surface area contributed by atoms with Gasteiger partial charge >= 0.3 is 6.18 Å². The number of benzene rings is 3. The number of rotatable bonds is 7. The van der Waals surface area contributed by atoms with Gasteiger partial charge in [0.1, 0.15) is 0 Å². The van der Waals surface area contributed by atoms with E-state index >= 15 is 0 Å². The zero-order valence-corrected chi connectivity index (χ0v) is 25.0. The average Bonchev–Trinajstić information content (AvgIpc) is 3.30. The van der Waals surface area contributed by atoms with Crippen LogP contribution in [0.2, 0.25) is 0 Å². The molecule has 0 amide bonds. The molecule has 5 aromatic rings. The van der Waals surface area contributed by atoms with Crippen molar-refractivity contribution in [1.82, 2.24) is 9.71 Å². The molecule has 3 aromatic carbocycles. The molecule has 0 bridgehead atoms. The van der Waals surface area contributed by atoms with Gasteiger partial charge in [0.25, 0.3) is 0 Å². The van der Waals surface area contributed by atoms with E-state index in [1.807, 2.05) is 42.5 Å². The topological polar surface area (TPSA) is 97.8 Å². The molecule has 0 unspecified atom stereocenters. The maximum atomic E-state index is 13.7. The van der Waals surface area contributed by atoms with Crippen molar-refractivity contribution in [2.24, 2.45) is 0 Å². The number of pyridine rings is 1. The molecule has 0 fully saturated rings. The van der Waals surface area contributed by atoms with Crippen LogP contribution in [-0.4, -0.2) is 37.9 Å². The molecule has 0 spiro atoms. The fraction of sp³-hybridized carbons (Fsp3) is 0.219. The first-order valence-electron chi connectivity index (χ1n) is 13.7. The van der Waals surface area contributed by atoms with Crippen molar-refractivity contribution in [2.75, 3.05) is 13.2 Å². The fourth-order valence-corrected chi connectivity index (χ4v) is 7.50. The van der Waals surface area contributed by atoms with Crippen LogP contribution < -0.4 is 14.2 Å². The summed E-state index contributed by atoms with van der Waals surface area (Å²) in [5.74, 6) is 0.833. The maximum absolute atomic E-state index is 13.7. The minimum atomic E-state index is -4.88. The number of sulfonamides is 1. The van der Waals surface area contributed by atoms with Gasteiger partial charge < -0.3 is 14.6 Å².